The van der Waals surface area contributed by atoms with Crippen LogP contribution >= 0.6 is 11.8 Å². The monoisotopic (exact) mass is 603 g/mol. The minimum atomic E-state index is -0.529. The maximum absolute atomic E-state index is 13.4. The summed E-state index contributed by atoms with van der Waals surface area (Å²) in [7, 11) is 0. The Balaban J connectivity index is 1.14. The van der Waals surface area contributed by atoms with Gasteiger partial charge in [0.1, 0.15) is 11.5 Å². The Morgan fingerprint density at radius 3 is 2.30 bits per heavy atom. The van der Waals surface area contributed by atoms with Crippen molar-refractivity contribution in [3.8, 4) is 0 Å². The predicted molar refractivity (Wildman–Crippen MR) is 173 cm³/mol. The summed E-state index contributed by atoms with van der Waals surface area (Å²) >= 11 is 1.45. The number of rotatable bonds is 8. The van der Waals surface area contributed by atoms with Gasteiger partial charge in [-0.2, -0.15) is 0 Å². The van der Waals surface area contributed by atoms with E-state index in [2.05, 4.69) is 16.7 Å². The fraction of sp³-hybridized carbons (Fsp3) is 0.139. The number of fused-ring (bicyclic) bond motifs is 3. The van der Waals surface area contributed by atoms with Gasteiger partial charge >= 0.3 is 0 Å². The minimum absolute atomic E-state index is 0.0109. The van der Waals surface area contributed by atoms with Crippen molar-refractivity contribution in [2.45, 2.75) is 30.6 Å². The molecule has 220 valence electrons. The van der Waals surface area contributed by atoms with Gasteiger partial charge in [0.15, 0.2) is 0 Å². The van der Waals surface area contributed by atoms with E-state index in [1.54, 1.807) is 42.5 Å². The normalized spacial score (nSPS) is 12.9. The summed E-state index contributed by atoms with van der Waals surface area (Å²) in [6.07, 6.45) is 5.66. The van der Waals surface area contributed by atoms with E-state index < -0.39 is 17.6 Å². The van der Waals surface area contributed by atoms with Crippen molar-refractivity contribution in [2.24, 2.45) is 0 Å². The number of hydrogen-bond acceptors (Lipinski definition) is 4. The average Bonchev–Trinajstić information content (AvgIpc) is 3.40. The zero-order valence-corrected chi connectivity index (χ0v) is 24.7. The van der Waals surface area contributed by atoms with Crippen LogP contribution in [0.15, 0.2) is 114 Å². The summed E-state index contributed by atoms with van der Waals surface area (Å²) in [5.74, 6) is -1.04. The molecule has 8 heteroatoms. The van der Waals surface area contributed by atoms with E-state index in [0.717, 1.165) is 41.8 Å². The molecule has 0 aliphatic heterocycles. The number of hydrogen-bond donors (Lipinski definition) is 2. The van der Waals surface area contributed by atoms with E-state index in [-0.39, 0.29) is 17.4 Å². The molecule has 0 unspecified atom stereocenters. The standard InChI is InChI=1S/C36H30FN3O3S/c37-26-16-14-24(15-17-26)22-31(39-35(42)25-8-2-1-3-9-25)36(43)38-27-18-20-28(21-19-27)44-23-34(41)40-32-12-6-4-10-29(32)30-11-5-7-13-33(30)40/h1-4,6,8-10,12,14-22H,5,7,11,13,23H2,(H,38,43)(H,39,42)/b31-22-. The molecule has 0 saturated carbocycles. The minimum Gasteiger partial charge on any atom is -0.321 e. The number of carbonyl (C=O) groups is 3. The summed E-state index contributed by atoms with van der Waals surface area (Å²) in [5.41, 5.74) is 4.91. The molecule has 0 spiro atoms. The lowest BCUT2D eigenvalue weighted by Gasteiger charge is -2.15. The van der Waals surface area contributed by atoms with Gasteiger partial charge in [0, 0.05) is 27.2 Å². The third kappa shape index (κ3) is 6.50. The topological polar surface area (TPSA) is 80.2 Å². The molecule has 4 aromatic carbocycles. The number of amides is 2. The highest BCUT2D eigenvalue weighted by atomic mass is 32.2. The van der Waals surface area contributed by atoms with Crippen molar-refractivity contribution >= 4 is 52.1 Å². The molecule has 5 aromatic rings. The predicted octanol–water partition coefficient (Wildman–Crippen LogP) is 7.50. The highest BCUT2D eigenvalue weighted by Gasteiger charge is 2.23. The number of para-hydroxylation sites is 1. The molecule has 44 heavy (non-hydrogen) atoms. The second-order valence-electron chi connectivity index (χ2n) is 10.6. The first-order valence-electron chi connectivity index (χ1n) is 14.5. The zero-order valence-electron chi connectivity index (χ0n) is 23.9. The van der Waals surface area contributed by atoms with Gasteiger partial charge in [-0.15, -0.1) is 11.8 Å². The molecular formula is C36H30FN3O3S. The summed E-state index contributed by atoms with van der Waals surface area (Å²) in [6, 6.07) is 29.5. The molecule has 0 saturated heterocycles. The molecule has 2 N–H and O–H groups in total. The lowest BCUT2D eigenvalue weighted by Crippen LogP contribution is -2.30. The number of anilines is 1. The van der Waals surface area contributed by atoms with Crippen LogP contribution in [-0.2, 0) is 17.6 Å². The van der Waals surface area contributed by atoms with Gasteiger partial charge in [0.2, 0.25) is 5.91 Å². The van der Waals surface area contributed by atoms with Gasteiger partial charge < -0.3 is 10.6 Å². The Morgan fingerprint density at radius 2 is 1.52 bits per heavy atom. The first-order valence-corrected chi connectivity index (χ1v) is 15.5. The lowest BCUT2D eigenvalue weighted by atomic mass is 9.96. The van der Waals surface area contributed by atoms with Crippen LogP contribution in [0.1, 0.15) is 44.8 Å². The van der Waals surface area contributed by atoms with Crippen molar-refractivity contribution in [1.29, 1.82) is 0 Å². The number of nitrogens with one attached hydrogen (secondary N) is 2. The number of aryl methyl sites for hydroxylation is 1. The molecule has 0 fully saturated rings. The summed E-state index contributed by atoms with van der Waals surface area (Å²) < 4.78 is 15.3. The van der Waals surface area contributed by atoms with Crippen molar-refractivity contribution in [2.75, 3.05) is 11.1 Å². The molecule has 0 atom stereocenters. The average molecular weight is 604 g/mol. The van der Waals surface area contributed by atoms with E-state index in [1.165, 1.54) is 53.1 Å². The van der Waals surface area contributed by atoms with Crippen molar-refractivity contribution in [1.82, 2.24) is 9.88 Å². The van der Waals surface area contributed by atoms with E-state index in [4.69, 9.17) is 0 Å². The van der Waals surface area contributed by atoms with Gasteiger partial charge in [-0.05, 0) is 97.5 Å². The van der Waals surface area contributed by atoms with Crippen molar-refractivity contribution < 1.29 is 18.8 Å². The highest BCUT2D eigenvalue weighted by Crippen LogP contribution is 2.33. The second-order valence-corrected chi connectivity index (χ2v) is 11.6. The first-order chi connectivity index (χ1) is 21.5. The van der Waals surface area contributed by atoms with Crippen LogP contribution in [0, 0.1) is 5.82 Å². The van der Waals surface area contributed by atoms with Crippen LogP contribution in [0.5, 0.6) is 0 Å². The molecular weight excluding hydrogens is 573 g/mol. The second kappa shape index (κ2) is 13.1. The molecule has 0 bridgehead atoms. The summed E-state index contributed by atoms with van der Waals surface area (Å²) in [6.45, 7) is 0. The van der Waals surface area contributed by atoms with Crippen LogP contribution < -0.4 is 10.6 Å². The fourth-order valence-electron chi connectivity index (χ4n) is 5.49. The van der Waals surface area contributed by atoms with Gasteiger partial charge in [-0.3, -0.25) is 19.0 Å². The molecule has 1 aromatic heterocycles. The third-order valence-corrected chi connectivity index (χ3v) is 8.61. The van der Waals surface area contributed by atoms with E-state index in [9.17, 15) is 18.8 Å². The third-order valence-electron chi connectivity index (χ3n) is 7.61. The van der Waals surface area contributed by atoms with Gasteiger partial charge in [-0.25, -0.2) is 4.39 Å². The maximum Gasteiger partial charge on any atom is 0.272 e. The molecule has 6 nitrogen and oxygen atoms in total. The maximum atomic E-state index is 13.4. The van der Waals surface area contributed by atoms with Crippen LogP contribution in [-0.4, -0.2) is 28.0 Å². The summed E-state index contributed by atoms with van der Waals surface area (Å²) in [4.78, 5) is 40.5. The Labute approximate surface area is 259 Å². The van der Waals surface area contributed by atoms with Crippen LogP contribution in [0.2, 0.25) is 0 Å². The Hall–Kier alpha value is -4.95. The number of benzene rings is 4. The Kier molecular flexibility index (Phi) is 8.70. The molecule has 2 amide bonds. The number of thioether (sulfide) groups is 1. The van der Waals surface area contributed by atoms with Gasteiger partial charge in [-0.1, -0.05) is 48.5 Å². The quantitative estimate of drug-likeness (QED) is 0.142. The number of halogens is 1. The molecule has 1 aliphatic carbocycles. The van der Waals surface area contributed by atoms with Gasteiger partial charge in [0.05, 0.1) is 11.3 Å². The van der Waals surface area contributed by atoms with Crippen LogP contribution in [0.4, 0.5) is 10.1 Å². The first kappa shape index (κ1) is 29.1. The van der Waals surface area contributed by atoms with Crippen LogP contribution in [0.3, 0.4) is 0 Å². The molecule has 0 radical (unpaired) electrons. The SMILES string of the molecule is O=C(Nc1ccc(SCC(=O)n2c3c(c4ccccc42)CCCC3)cc1)/C(=C/c1ccc(F)cc1)NC(=O)c1ccccc1. The molecule has 6 rings (SSSR count). The largest absolute Gasteiger partial charge is 0.321 e. The molecule has 1 aliphatic rings. The smallest absolute Gasteiger partial charge is 0.272 e. The lowest BCUT2D eigenvalue weighted by molar-refractivity contribution is -0.113. The fourth-order valence-corrected chi connectivity index (χ4v) is 6.24. The van der Waals surface area contributed by atoms with E-state index >= 15 is 0 Å². The summed E-state index contributed by atoms with van der Waals surface area (Å²) in [5, 5.41) is 6.68. The number of aromatic nitrogens is 1. The number of nitrogens with zero attached hydrogens (tertiary/aromatic N) is 1. The Bertz CT molecular complexity index is 1860. The van der Waals surface area contributed by atoms with Crippen molar-refractivity contribution in [3.63, 3.8) is 0 Å². The Morgan fingerprint density at radius 1 is 0.818 bits per heavy atom. The van der Waals surface area contributed by atoms with Crippen molar-refractivity contribution in [3.05, 3.63) is 137 Å². The highest BCUT2D eigenvalue weighted by molar-refractivity contribution is 8.00. The zero-order chi connectivity index (χ0) is 30.5. The van der Waals surface area contributed by atoms with Crippen LogP contribution in [0.25, 0.3) is 17.0 Å². The van der Waals surface area contributed by atoms with Gasteiger partial charge in [0.25, 0.3) is 11.8 Å². The molecule has 1 heterocycles. The van der Waals surface area contributed by atoms with E-state index in [1.807, 2.05) is 34.9 Å². The number of carbonyl (C=O) groups excluding carboxylic acids is 3. The van der Waals surface area contributed by atoms with E-state index in [0.29, 0.717) is 16.8 Å².